The number of fused-ring (bicyclic) bond motifs is 1. The molecule has 0 unspecified atom stereocenters. The van der Waals surface area contributed by atoms with Crippen LogP contribution in [0.15, 0.2) is 28.7 Å². The SMILES string of the molecule is CC(C)(C)OC(=O)N1CCn2nc(Nc3ccc(C(F)(F)F)cc3)c(Br)c2C1. The van der Waals surface area contributed by atoms with Gasteiger partial charge in [0.1, 0.15) is 5.60 Å². The van der Waals surface area contributed by atoms with Crippen LogP contribution in [0.3, 0.4) is 0 Å². The molecule has 0 bridgehead atoms. The molecule has 10 heteroatoms. The molecule has 0 atom stereocenters. The second-order valence-electron chi connectivity index (χ2n) is 7.43. The van der Waals surface area contributed by atoms with Crippen molar-refractivity contribution in [2.24, 2.45) is 0 Å². The first-order valence-corrected chi connectivity index (χ1v) is 9.41. The van der Waals surface area contributed by atoms with Crippen LogP contribution in [-0.4, -0.2) is 32.9 Å². The van der Waals surface area contributed by atoms with Crippen molar-refractivity contribution < 1.29 is 22.7 Å². The van der Waals surface area contributed by atoms with Gasteiger partial charge in [0, 0.05) is 12.2 Å². The highest BCUT2D eigenvalue weighted by Crippen LogP contribution is 2.33. The van der Waals surface area contributed by atoms with Crippen molar-refractivity contribution in [3.8, 4) is 0 Å². The van der Waals surface area contributed by atoms with Crippen molar-refractivity contribution in [3.63, 3.8) is 0 Å². The maximum atomic E-state index is 12.7. The van der Waals surface area contributed by atoms with Crippen molar-refractivity contribution in [2.75, 3.05) is 11.9 Å². The number of nitrogens with one attached hydrogen (secondary N) is 1. The van der Waals surface area contributed by atoms with Crippen molar-refractivity contribution in [1.29, 1.82) is 0 Å². The van der Waals surface area contributed by atoms with Gasteiger partial charge in [-0.3, -0.25) is 4.68 Å². The van der Waals surface area contributed by atoms with Gasteiger partial charge in [0.15, 0.2) is 5.82 Å². The molecule has 1 N–H and O–H groups in total. The summed E-state index contributed by atoms with van der Waals surface area (Å²) in [5.74, 6) is 0.473. The number of hydrogen-bond donors (Lipinski definition) is 1. The molecule has 0 saturated carbocycles. The molecule has 2 aromatic rings. The van der Waals surface area contributed by atoms with Gasteiger partial charge in [0.05, 0.1) is 28.8 Å². The number of carbonyl (C=O) groups is 1. The number of ether oxygens (including phenoxy) is 1. The molecule has 1 amide bonds. The Morgan fingerprint density at radius 1 is 1.18 bits per heavy atom. The number of alkyl halides is 3. The minimum atomic E-state index is -4.38. The zero-order valence-electron chi connectivity index (χ0n) is 15.6. The molecular formula is C18H20BrF3N4O2. The van der Waals surface area contributed by atoms with Crippen LogP contribution in [0.1, 0.15) is 32.0 Å². The lowest BCUT2D eigenvalue weighted by atomic mass is 10.2. The van der Waals surface area contributed by atoms with Gasteiger partial charge in [0.2, 0.25) is 0 Å². The summed E-state index contributed by atoms with van der Waals surface area (Å²) in [5.41, 5.74) is -0.0321. The smallest absolute Gasteiger partial charge is 0.416 e. The minimum Gasteiger partial charge on any atom is -0.444 e. The Hall–Kier alpha value is -2.23. The summed E-state index contributed by atoms with van der Waals surface area (Å²) < 4.78 is 45.9. The van der Waals surface area contributed by atoms with E-state index in [1.165, 1.54) is 12.1 Å². The Morgan fingerprint density at radius 2 is 1.82 bits per heavy atom. The molecule has 6 nitrogen and oxygen atoms in total. The Balaban J connectivity index is 1.74. The summed E-state index contributed by atoms with van der Waals surface area (Å²) in [4.78, 5) is 13.9. The van der Waals surface area contributed by atoms with Gasteiger partial charge in [-0.25, -0.2) is 4.79 Å². The van der Waals surface area contributed by atoms with Crippen LogP contribution in [0.25, 0.3) is 0 Å². The van der Waals surface area contributed by atoms with E-state index in [1.807, 2.05) is 0 Å². The fraction of sp³-hybridized carbons (Fsp3) is 0.444. The van der Waals surface area contributed by atoms with Crippen LogP contribution in [-0.2, 0) is 24.0 Å². The number of rotatable bonds is 2. The second kappa shape index (κ2) is 7.31. The van der Waals surface area contributed by atoms with Crippen LogP contribution in [0.4, 0.5) is 29.5 Å². The summed E-state index contributed by atoms with van der Waals surface area (Å²) in [6.45, 7) is 6.68. The standard InChI is InChI=1S/C18H20BrF3N4O2/c1-17(2,3)28-16(27)25-8-9-26-13(10-25)14(19)15(24-26)23-12-6-4-11(5-7-12)18(20,21)22/h4-7H,8-10H2,1-3H3,(H,23,24). The van der Waals surface area contributed by atoms with Gasteiger partial charge in [0.25, 0.3) is 0 Å². The van der Waals surface area contributed by atoms with Gasteiger partial charge in [-0.1, -0.05) is 0 Å². The third kappa shape index (κ3) is 4.60. The summed E-state index contributed by atoms with van der Waals surface area (Å²) in [6.07, 6.45) is -4.78. The van der Waals surface area contributed by atoms with E-state index in [4.69, 9.17) is 4.74 Å². The molecule has 28 heavy (non-hydrogen) atoms. The number of anilines is 2. The number of benzene rings is 1. The van der Waals surface area contributed by atoms with E-state index in [-0.39, 0.29) is 0 Å². The highest BCUT2D eigenvalue weighted by atomic mass is 79.9. The van der Waals surface area contributed by atoms with Crippen molar-refractivity contribution >= 4 is 33.5 Å². The summed E-state index contributed by atoms with van der Waals surface area (Å²) in [6, 6.07) is 4.72. The zero-order chi connectivity index (χ0) is 20.7. The molecular weight excluding hydrogens is 441 g/mol. The van der Waals surface area contributed by atoms with Crippen molar-refractivity contribution in [1.82, 2.24) is 14.7 Å². The monoisotopic (exact) mass is 460 g/mol. The molecule has 1 aromatic heterocycles. The van der Waals surface area contributed by atoms with E-state index < -0.39 is 23.4 Å². The predicted molar refractivity (Wildman–Crippen MR) is 101 cm³/mol. The van der Waals surface area contributed by atoms with E-state index in [0.29, 0.717) is 35.6 Å². The molecule has 2 heterocycles. The van der Waals surface area contributed by atoms with Gasteiger partial charge >= 0.3 is 12.3 Å². The first-order chi connectivity index (χ1) is 12.9. The third-order valence-corrected chi connectivity index (χ3v) is 4.88. The van der Waals surface area contributed by atoms with Gasteiger partial charge in [-0.15, -0.1) is 0 Å². The van der Waals surface area contributed by atoms with Crippen molar-refractivity contribution in [2.45, 2.75) is 45.6 Å². The van der Waals surface area contributed by atoms with E-state index in [9.17, 15) is 18.0 Å². The first-order valence-electron chi connectivity index (χ1n) is 8.61. The normalized spacial score (nSPS) is 14.6. The number of halogens is 4. The van der Waals surface area contributed by atoms with Crippen LogP contribution in [0.5, 0.6) is 0 Å². The average Bonchev–Trinajstić information content (AvgIpc) is 2.88. The molecule has 0 saturated heterocycles. The van der Waals surface area contributed by atoms with Gasteiger partial charge in [-0.2, -0.15) is 18.3 Å². The Bertz CT molecular complexity index is 873. The fourth-order valence-corrected chi connectivity index (χ4v) is 3.24. The number of nitrogens with zero attached hydrogens (tertiary/aromatic N) is 3. The maximum Gasteiger partial charge on any atom is 0.416 e. The lowest BCUT2D eigenvalue weighted by Crippen LogP contribution is -2.41. The first kappa shape index (κ1) is 20.5. The lowest BCUT2D eigenvalue weighted by Gasteiger charge is -2.30. The molecule has 0 fully saturated rings. The second-order valence-corrected chi connectivity index (χ2v) is 8.23. The van der Waals surface area contributed by atoms with Crippen LogP contribution in [0, 0.1) is 0 Å². The van der Waals surface area contributed by atoms with E-state index >= 15 is 0 Å². The largest absolute Gasteiger partial charge is 0.444 e. The van der Waals surface area contributed by atoms with E-state index in [0.717, 1.165) is 17.8 Å². The molecule has 0 radical (unpaired) electrons. The summed E-state index contributed by atoms with van der Waals surface area (Å²) in [7, 11) is 0. The molecule has 1 aliphatic rings. The number of aromatic nitrogens is 2. The number of hydrogen-bond acceptors (Lipinski definition) is 4. The van der Waals surface area contributed by atoms with Crippen molar-refractivity contribution in [3.05, 3.63) is 40.0 Å². The fourth-order valence-electron chi connectivity index (χ4n) is 2.73. The topological polar surface area (TPSA) is 59.4 Å². The van der Waals surface area contributed by atoms with E-state index in [1.54, 1.807) is 30.4 Å². The Labute approximate surface area is 168 Å². The van der Waals surface area contributed by atoms with Crippen LogP contribution >= 0.6 is 15.9 Å². The lowest BCUT2D eigenvalue weighted by molar-refractivity contribution is -0.137. The highest BCUT2D eigenvalue weighted by molar-refractivity contribution is 9.10. The molecule has 1 aromatic carbocycles. The average molecular weight is 461 g/mol. The quantitative estimate of drug-likeness (QED) is 0.672. The molecule has 152 valence electrons. The van der Waals surface area contributed by atoms with Gasteiger partial charge in [-0.05, 0) is 61.0 Å². The molecule has 3 rings (SSSR count). The molecule has 1 aliphatic heterocycles. The predicted octanol–water partition coefficient (Wildman–Crippen LogP) is 5.16. The van der Waals surface area contributed by atoms with Gasteiger partial charge < -0.3 is 15.0 Å². The van der Waals surface area contributed by atoms with E-state index in [2.05, 4.69) is 26.3 Å². The van der Waals surface area contributed by atoms with Crippen LogP contribution in [0.2, 0.25) is 0 Å². The van der Waals surface area contributed by atoms with Crippen LogP contribution < -0.4 is 5.32 Å². The highest BCUT2D eigenvalue weighted by Gasteiger charge is 2.31. The maximum absolute atomic E-state index is 12.7. The number of carbonyl (C=O) groups excluding carboxylic acids is 1. The minimum absolute atomic E-state index is 0.317. The summed E-state index contributed by atoms with van der Waals surface area (Å²) >= 11 is 3.47. The zero-order valence-corrected chi connectivity index (χ0v) is 17.2. The third-order valence-electron chi connectivity index (χ3n) is 4.04. The molecule has 0 spiro atoms. The number of amides is 1. The summed E-state index contributed by atoms with van der Waals surface area (Å²) in [5, 5.41) is 7.45. The Morgan fingerprint density at radius 3 is 2.39 bits per heavy atom. The molecule has 0 aliphatic carbocycles. The Kier molecular flexibility index (Phi) is 5.35.